The number of H-pyrrole nitrogens is 1. The lowest BCUT2D eigenvalue weighted by molar-refractivity contribution is -0.118. The van der Waals surface area contributed by atoms with Crippen LogP contribution in [0.15, 0.2) is 18.2 Å². The number of rotatable bonds is 4. The van der Waals surface area contributed by atoms with Crippen molar-refractivity contribution in [3.63, 3.8) is 0 Å². The van der Waals surface area contributed by atoms with Crippen molar-refractivity contribution in [2.45, 2.75) is 19.4 Å². The lowest BCUT2D eigenvalue weighted by Gasteiger charge is -2.02. The molecule has 0 saturated heterocycles. The molecule has 2 aromatic rings. The van der Waals surface area contributed by atoms with E-state index in [-0.39, 0.29) is 11.7 Å². The number of benzene rings is 1. The van der Waals surface area contributed by atoms with Crippen molar-refractivity contribution < 1.29 is 9.18 Å². The van der Waals surface area contributed by atoms with Gasteiger partial charge in [0.1, 0.15) is 5.82 Å². The first-order chi connectivity index (χ1) is 8.08. The van der Waals surface area contributed by atoms with Crippen molar-refractivity contribution in [2.24, 2.45) is 5.73 Å². The summed E-state index contributed by atoms with van der Waals surface area (Å²) >= 11 is 5.14. The van der Waals surface area contributed by atoms with E-state index in [4.69, 9.17) is 18.0 Å². The number of nitrogens with two attached hydrogens (primary N) is 1. The average Bonchev–Trinajstić information content (AvgIpc) is 2.54. The smallest absolute Gasteiger partial charge is 0.217 e. The molecule has 1 aromatic carbocycles. The molecule has 6 heteroatoms. The number of primary amides is 1. The summed E-state index contributed by atoms with van der Waals surface area (Å²) in [4.78, 5) is 13.6. The fraction of sp³-hybridized carbons (Fsp3) is 0.273. The number of aromatic amines is 1. The Morgan fingerprint density at radius 1 is 1.53 bits per heavy atom. The third kappa shape index (κ3) is 2.52. The van der Waals surface area contributed by atoms with Crippen LogP contribution in [0.1, 0.15) is 12.8 Å². The Bertz CT molecular complexity index is 617. The number of carbonyl (C=O) groups excluding carboxylic acids is 1. The number of nitrogens with one attached hydrogen (secondary N) is 1. The van der Waals surface area contributed by atoms with E-state index in [1.807, 2.05) is 4.57 Å². The number of halogens is 1. The highest BCUT2D eigenvalue weighted by atomic mass is 32.1. The summed E-state index contributed by atoms with van der Waals surface area (Å²) in [7, 11) is 0. The van der Waals surface area contributed by atoms with Crippen molar-refractivity contribution >= 4 is 29.2 Å². The molecule has 0 bridgehead atoms. The van der Waals surface area contributed by atoms with Crippen molar-refractivity contribution in [3.05, 3.63) is 28.8 Å². The Labute approximate surface area is 102 Å². The molecule has 0 saturated carbocycles. The fourth-order valence-electron chi connectivity index (χ4n) is 1.77. The standard InChI is InChI=1S/C11H12FN3OS/c12-7-3-4-9-8(6-7)14-11(17)15(9)5-1-2-10(13)16/h3-4,6H,1-2,5H2,(H2,13,16)(H,14,17). The van der Waals surface area contributed by atoms with Crippen LogP contribution in [0.3, 0.4) is 0 Å². The molecule has 3 N–H and O–H groups in total. The van der Waals surface area contributed by atoms with Gasteiger partial charge < -0.3 is 15.3 Å². The van der Waals surface area contributed by atoms with E-state index in [1.165, 1.54) is 12.1 Å². The highest BCUT2D eigenvalue weighted by Gasteiger charge is 2.05. The molecule has 0 unspecified atom stereocenters. The Balaban J connectivity index is 2.30. The van der Waals surface area contributed by atoms with Gasteiger partial charge in [0.25, 0.3) is 0 Å². The zero-order valence-electron chi connectivity index (χ0n) is 9.07. The highest BCUT2D eigenvalue weighted by molar-refractivity contribution is 7.71. The molecule has 0 fully saturated rings. The average molecular weight is 253 g/mol. The van der Waals surface area contributed by atoms with Crippen LogP contribution in [-0.2, 0) is 11.3 Å². The first-order valence-electron chi connectivity index (χ1n) is 5.24. The zero-order valence-corrected chi connectivity index (χ0v) is 9.89. The van der Waals surface area contributed by atoms with Gasteiger partial charge in [-0.1, -0.05) is 0 Å². The molecule has 1 heterocycles. The maximum absolute atomic E-state index is 13.0. The molecule has 0 aliphatic heterocycles. The van der Waals surface area contributed by atoms with Gasteiger partial charge in [0.05, 0.1) is 11.0 Å². The summed E-state index contributed by atoms with van der Waals surface area (Å²) in [5.41, 5.74) is 6.57. The normalized spacial score (nSPS) is 10.9. The van der Waals surface area contributed by atoms with Crippen molar-refractivity contribution in [1.82, 2.24) is 9.55 Å². The van der Waals surface area contributed by atoms with Gasteiger partial charge in [-0.25, -0.2) is 4.39 Å². The van der Waals surface area contributed by atoms with Crippen LogP contribution in [0.4, 0.5) is 4.39 Å². The number of aromatic nitrogens is 2. The van der Waals surface area contributed by atoms with Gasteiger partial charge in [-0.2, -0.15) is 0 Å². The molecule has 1 aromatic heterocycles. The Kier molecular flexibility index (Phi) is 3.23. The van der Waals surface area contributed by atoms with Crippen LogP contribution in [0, 0.1) is 10.6 Å². The fourth-order valence-corrected chi connectivity index (χ4v) is 2.07. The minimum Gasteiger partial charge on any atom is -0.370 e. The van der Waals surface area contributed by atoms with Gasteiger partial charge in [0.15, 0.2) is 4.77 Å². The number of amides is 1. The molecule has 0 atom stereocenters. The molecule has 4 nitrogen and oxygen atoms in total. The van der Waals surface area contributed by atoms with Gasteiger partial charge >= 0.3 is 0 Å². The monoisotopic (exact) mass is 253 g/mol. The van der Waals surface area contributed by atoms with Crippen molar-refractivity contribution in [3.8, 4) is 0 Å². The summed E-state index contributed by atoms with van der Waals surface area (Å²) in [6.07, 6.45) is 0.934. The lowest BCUT2D eigenvalue weighted by atomic mass is 10.2. The third-order valence-corrected chi connectivity index (χ3v) is 2.86. The second kappa shape index (κ2) is 4.67. The summed E-state index contributed by atoms with van der Waals surface area (Å²) < 4.78 is 15.4. The summed E-state index contributed by atoms with van der Waals surface area (Å²) in [6, 6.07) is 4.45. The maximum Gasteiger partial charge on any atom is 0.217 e. The van der Waals surface area contributed by atoms with Gasteiger partial charge in [0.2, 0.25) is 5.91 Å². The number of carbonyl (C=O) groups is 1. The van der Waals surface area contributed by atoms with Crippen LogP contribution >= 0.6 is 12.2 Å². The first-order valence-corrected chi connectivity index (χ1v) is 5.65. The molecule has 0 aliphatic carbocycles. The summed E-state index contributed by atoms with van der Waals surface area (Å²) in [5, 5.41) is 0. The molecule has 17 heavy (non-hydrogen) atoms. The van der Waals surface area contributed by atoms with E-state index in [9.17, 15) is 9.18 Å². The van der Waals surface area contributed by atoms with E-state index in [0.29, 0.717) is 29.7 Å². The number of aryl methyl sites for hydroxylation is 1. The van der Waals surface area contributed by atoms with E-state index < -0.39 is 0 Å². The molecule has 2 rings (SSSR count). The van der Waals surface area contributed by atoms with Gasteiger partial charge in [0, 0.05) is 13.0 Å². The van der Waals surface area contributed by atoms with Gasteiger partial charge in [-0.05, 0) is 36.8 Å². The van der Waals surface area contributed by atoms with E-state index in [0.717, 1.165) is 5.52 Å². The number of fused-ring (bicyclic) bond motifs is 1. The van der Waals surface area contributed by atoms with E-state index in [2.05, 4.69) is 4.98 Å². The Hall–Kier alpha value is -1.69. The SMILES string of the molecule is NC(=O)CCCn1c(=S)[nH]c2cc(F)ccc21. The number of hydrogen-bond donors (Lipinski definition) is 2. The molecular formula is C11H12FN3OS. The van der Waals surface area contributed by atoms with Crippen molar-refractivity contribution in [1.29, 1.82) is 0 Å². The van der Waals surface area contributed by atoms with Crippen LogP contribution in [-0.4, -0.2) is 15.5 Å². The van der Waals surface area contributed by atoms with Crippen LogP contribution in [0.5, 0.6) is 0 Å². The Morgan fingerprint density at radius 3 is 3.00 bits per heavy atom. The van der Waals surface area contributed by atoms with Crippen LogP contribution < -0.4 is 5.73 Å². The molecular weight excluding hydrogens is 241 g/mol. The molecule has 0 radical (unpaired) electrons. The van der Waals surface area contributed by atoms with E-state index >= 15 is 0 Å². The largest absolute Gasteiger partial charge is 0.370 e. The van der Waals surface area contributed by atoms with Crippen LogP contribution in [0.25, 0.3) is 11.0 Å². The summed E-state index contributed by atoms with van der Waals surface area (Å²) in [6.45, 7) is 0.591. The Morgan fingerprint density at radius 2 is 2.29 bits per heavy atom. The predicted molar refractivity (Wildman–Crippen MR) is 65.5 cm³/mol. The maximum atomic E-state index is 13.0. The lowest BCUT2D eigenvalue weighted by Crippen LogP contribution is -2.11. The number of nitrogens with zero attached hydrogens (tertiary/aromatic N) is 1. The minimum atomic E-state index is -0.331. The van der Waals surface area contributed by atoms with Gasteiger partial charge in [-0.15, -0.1) is 0 Å². The first kappa shape index (κ1) is 11.8. The number of hydrogen-bond acceptors (Lipinski definition) is 2. The summed E-state index contributed by atoms with van der Waals surface area (Å²) in [5.74, 6) is -0.638. The van der Waals surface area contributed by atoms with Crippen LogP contribution in [0.2, 0.25) is 0 Å². The predicted octanol–water partition coefficient (Wildman–Crippen LogP) is 2.10. The molecule has 90 valence electrons. The third-order valence-electron chi connectivity index (χ3n) is 2.54. The van der Waals surface area contributed by atoms with Crippen molar-refractivity contribution in [2.75, 3.05) is 0 Å². The second-order valence-electron chi connectivity index (χ2n) is 3.81. The zero-order chi connectivity index (χ0) is 12.4. The second-order valence-corrected chi connectivity index (χ2v) is 4.20. The minimum absolute atomic E-state index is 0.307. The quantitative estimate of drug-likeness (QED) is 0.820. The molecule has 0 aliphatic rings. The highest BCUT2D eigenvalue weighted by Crippen LogP contribution is 2.16. The molecule has 1 amide bonds. The molecule has 0 spiro atoms. The topological polar surface area (TPSA) is 63.8 Å². The number of imidazole rings is 1. The van der Waals surface area contributed by atoms with Gasteiger partial charge in [-0.3, -0.25) is 4.79 Å². The van der Waals surface area contributed by atoms with E-state index in [1.54, 1.807) is 6.07 Å².